The number of rotatable bonds is 9. The van der Waals surface area contributed by atoms with Crippen LogP contribution < -0.4 is 15.4 Å². The fourth-order valence-corrected chi connectivity index (χ4v) is 2.72. The number of benzene rings is 1. The first kappa shape index (κ1) is 20.8. The summed E-state index contributed by atoms with van der Waals surface area (Å²) >= 11 is 5.59. The molecule has 2 aromatic rings. The van der Waals surface area contributed by atoms with Crippen molar-refractivity contribution in [3.05, 3.63) is 70.9 Å². The zero-order valence-electron chi connectivity index (χ0n) is 15.7. The van der Waals surface area contributed by atoms with E-state index in [1.54, 1.807) is 12.3 Å². The van der Waals surface area contributed by atoms with Gasteiger partial charge in [0.1, 0.15) is 17.3 Å². The summed E-state index contributed by atoms with van der Waals surface area (Å²) < 4.78 is 18.5. The topological polar surface area (TPSA) is 80.3 Å². The normalized spacial score (nSPS) is 12.9. The molecule has 0 unspecified atom stereocenters. The number of amides is 2. The maximum atomic E-state index is 13.3. The first-order valence-electron chi connectivity index (χ1n) is 9.22. The van der Waals surface area contributed by atoms with Gasteiger partial charge in [0.25, 0.3) is 11.8 Å². The highest BCUT2D eigenvalue weighted by Gasteiger charge is 2.23. The summed E-state index contributed by atoms with van der Waals surface area (Å²) in [6.07, 6.45) is 4.45. The Morgan fingerprint density at radius 2 is 2.07 bits per heavy atom. The number of carbonyl (C=O) groups is 2. The monoisotopic (exact) mass is 417 g/mol. The van der Waals surface area contributed by atoms with Gasteiger partial charge in [-0.1, -0.05) is 24.2 Å². The van der Waals surface area contributed by atoms with Crippen LogP contribution in [-0.4, -0.2) is 29.9 Å². The van der Waals surface area contributed by atoms with Gasteiger partial charge in [-0.3, -0.25) is 14.6 Å². The van der Waals surface area contributed by atoms with Crippen LogP contribution in [0.15, 0.2) is 48.8 Å². The van der Waals surface area contributed by atoms with Gasteiger partial charge in [0, 0.05) is 30.9 Å². The number of hydrogen-bond acceptors (Lipinski definition) is 4. The predicted octanol–water partition coefficient (Wildman–Crippen LogP) is 3.58. The number of aromatic nitrogens is 1. The summed E-state index contributed by atoms with van der Waals surface area (Å²) in [5.41, 5.74) is 1.94. The average Bonchev–Trinajstić information content (AvgIpc) is 3.54. The maximum Gasteiger partial charge on any atom is 0.273 e. The zero-order chi connectivity index (χ0) is 20.8. The van der Waals surface area contributed by atoms with Crippen molar-refractivity contribution in [3.8, 4) is 5.75 Å². The quantitative estimate of drug-likeness (QED) is 0.653. The summed E-state index contributed by atoms with van der Waals surface area (Å²) in [6, 6.07) is 7.56. The fraction of sp³-hybridized carbons (Fsp3) is 0.286. The molecule has 0 bridgehead atoms. The highest BCUT2D eigenvalue weighted by molar-refractivity contribution is 6.30. The molecule has 1 aliphatic carbocycles. The summed E-state index contributed by atoms with van der Waals surface area (Å²) in [7, 11) is 0. The van der Waals surface area contributed by atoms with Crippen LogP contribution in [0, 0.1) is 5.82 Å². The Kier molecular flexibility index (Phi) is 6.82. The highest BCUT2D eigenvalue weighted by atomic mass is 35.5. The van der Waals surface area contributed by atoms with Crippen molar-refractivity contribution in [3.63, 3.8) is 0 Å². The van der Waals surface area contributed by atoms with Gasteiger partial charge in [-0.2, -0.15) is 0 Å². The predicted molar refractivity (Wildman–Crippen MR) is 107 cm³/mol. The first-order chi connectivity index (χ1) is 13.9. The Bertz CT molecular complexity index is 914. The molecule has 152 valence electrons. The molecule has 2 N–H and O–H groups in total. The van der Waals surface area contributed by atoms with Gasteiger partial charge in [-0.25, -0.2) is 4.39 Å². The summed E-state index contributed by atoms with van der Waals surface area (Å²) in [5, 5.41) is 5.29. The molecule has 1 fully saturated rings. The maximum absolute atomic E-state index is 13.3. The third kappa shape index (κ3) is 6.29. The van der Waals surface area contributed by atoms with E-state index in [0.29, 0.717) is 23.7 Å². The van der Waals surface area contributed by atoms with Gasteiger partial charge in [0.15, 0.2) is 6.61 Å². The Labute approximate surface area is 173 Å². The van der Waals surface area contributed by atoms with Gasteiger partial charge in [0.05, 0.1) is 5.02 Å². The standard InChI is InChI=1S/C21H21ClFN3O3/c1-13(26-21(28)19-7-4-15(11-25-19)14-2-3-14)8-9-24-20(27)12-29-16-5-6-17(22)18(23)10-16/h4-7,10-11,14H,1-3,8-9,12H2,(H,24,27)(H,26,28). The Hall–Kier alpha value is -2.93. The van der Waals surface area contributed by atoms with E-state index in [1.807, 2.05) is 6.07 Å². The van der Waals surface area contributed by atoms with E-state index in [4.69, 9.17) is 16.3 Å². The SMILES string of the molecule is C=C(CCNC(=O)COc1ccc(Cl)c(F)c1)NC(=O)c1ccc(C2CC2)cn1. The number of halogens is 2. The lowest BCUT2D eigenvalue weighted by Gasteiger charge is -2.10. The van der Waals surface area contributed by atoms with Gasteiger partial charge in [-0.05, 0) is 42.5 Å². The highest BCUT2D eigenvalue weighted by Crippen LogP contribution is 2.39. The Balaban J connectivity index is 1.34. The number of pyridine rings is 1. The van der Waals surface area contributed by atoms with Crippen LogP contribution in [-0.2, 0) is 4.79 Å². The number of hydrogen-bond donors (Lipinski definition) is 2. The molecule has 0 spiro atoms. The molecule has 1 heterocycles. The lowest BCUT2D eigenvalue weighted by atomic mass is 10.2. The molecular weight excluding hydrogens is 397 g/mol. The molecule has 6 nitrogen and oxygen atoms in total. The second kappa shape index (κ2) is 9.52. The van der Waals surface area contributed by atoms with Gasteiger partial charge in [-0.15, -0.1) is 0 Å². The molecule has 0 aliphatic heterocycles. The minimum absolute atomic E-state index is 0.0172. The summed E-state index contributed by atoms with van der Waals surface area (Å²) in [5.74, 6) is -0.540. The number of nitrogens with one attached hydrogen (secondary N) is 2. The third-order valence-electron chi connectivity index (χ3n) is 4.37. The van der Waals surface area contributed by atoms with Crippen molar-refractivity contribution < 1.29 is 18.7 Å². The Morgan fingerprint density at radius 3 is 2.72 bits per heavy atom. The van der Waals surface area contributed by atoms with Crippen molar-refractivity contribution in [2.45, 2.75) is 25.2 Å². The summed E-state index contributed by atoms with van der Waals surface area (Å²) in [6.45, 7) is 3.79. The molecule has 1 aliphatic rings. The molecule has 1 saturated carbocycles. The second-order valence-electron chi connectivity index (χ2n) is 6.77. The fourth-order valence-electron chi connectivity index (χ4n) is 2.60. The largest absolute Gasteiger partial charge is 0.484 e. The molecule has 2 amide bonds. The number of ether oxygens (including phenoxy) is 1. The van der Waals surface area contributed by atoms with Crippen molar-refractivity contribution in [1.82, 2.24) is 15.6 Å². The van der Waals surface area contributed by atoms with Crippen LogP contribution in [0.3, 0.4) is 0 Å². The lowest BCUT2D eigenvalue weighted by molar-refractivity contribution is -0.123. The van der Waals surface area contributed by atoms with Gasteiger partial charge < -0.3 is 15.4 Å². The number of nitrogens with zero attached hydrogens (tertiary/aromatic N) is 1. The van der Waals surface area contributed by atoms with E-state index < -0.39 is 5.82 Å². The minimum atomic E-state index is -0.617. The molecule has 1 aromatic carbocycles. The van der Waals surface area contributed by atoms with E-state index in [1.165, 1.54) is 25.0 Å². The zero-order valence-corrected chi connectivity index (χ0v) is 16.5. The molecule has 3 rings (SSSR count). The number of carbonyl (C=O) groups excluding carboxylic acids is 2. The lowest BCUT2D eigenvalue weighted by Crippen LogP contribution is -2.31. The van der Waals surface area contributed by atoms with Crippen molar-refractivity contribution in [2.75, 3.05) is 13.2 Å². The van der Waals surface area contributed by atoms with Crippen LogP contribution in [0.2, 0.25) is 5.02 Å². The van der Waals surface area contributed by atoms with Crippen LogP contribution >= 0.6 is 11.6 Å². The molecule has 1 aromatic heterocycles. The molecular formula is C21H21ClFN3O3. The van der Waals surface area contributed by atoms with E-state index >= 15 is 0 Å². The molecule has 8 heteroatoms. The second-order valence-corrected chi connectivity index (χ2v) is 7.18. The smallest absolute Gasteiger partial charge is 0.273 e. The Morgan fingerprint density at radius 1 is 1.28 bits per heavy atom. The van der Waals surface area contributed by atoms with Crippen LogP contribution in [0.4, 0.5) is 4.39 Å². The van der Waals surface area contributed by atoms with Crippen molar-refractivity contribution >= 4 is 23.4 Å². The van der Waals surface area contributed by atoms with E-state index in [0.717, 1.165) is 11.6 Å². The summed E-state index contributed by atoms with van der Waals surface area (Å²) in [4.78, 5) is 28.2. The van der Waals surface area contributed by atoms with Crippen LogP contribution in [0.1, 0.15) is 41.2 Å². The van der Waals surface area contributed by atoms with Crippen LogP contribution in [0.5, 0.6) is 5.75 Å². The van der Waals surface area contributed by atoms with Crippen molar-refractivity contribution in [2.24, 2.45) is 0 Å². The molecule has 29 heavy (non-hydrogen) atoms. The average molecular weight is 418 g/mol. The minimum Gasteiger partial charge on any atom is -0.484 e. The molecule has 0 atom stereocenters. The van der Waals surface area contributed by atoms with E-state index in [9.17, 15) is 14.0 Å². The first-order valence-corrected chi connectivity index (χ1v) is 9.60. The van der Waals surface area contributed by atoms with Crippen molar-refractivity contribution in [1.29, 1.82) is 0 Å². The van der Waals surface area contributed by atoms with E-state index in [2.05, 4.69) is 22.2 Å². The van der Waals surface area contributed by atoms with Crippen LogP contribution in [0.25, 0.3) is 0 Å². The van der Waals surface area contributed by atoms with Gasteiger partial charge >= 0.3 is 0 Å². The molecule has 0 saturated heterocycles. The third-order valence-corrected chi connectivity index (χ3v) is 4.67. The van der Waals surface area contributed by atoms with E-state index in [-0.39, 0.29) is 35.7 Å². The molecule has 0 radical (unpaired) electrons. The van der Waals surface area contributed by atoms with Gasteiger partial charge in [0.2, 0.25) is 0 Å².